The molecular formula is C21H26N2O3. The number of carbonyl (C=O) groups excluding carboxylic acids is 2. The van der Waals surface area contributed by atoms with Crippen LogP contribution in [0.3, 0.4) is 0 Å². The average Bonchev–Trinajstić information content (AvgIpc) is 2.67. The van der Waals surface area contributed by atoms with Gasteiger partial charge in [0.2, 0.25) is 5.91 Å². The quantitative estimate of drug-likeness (QED) is 0.763. The van der Waals surface area contributed by atoms with Crippen molar-refractivity contribution >= 4 is 12.0 Å². The normalized spacial score (nSPS) is 12.7. The molecule has 2 atom stereocenters. The van der Waals surface area contributed by atoms with Gasteiger partial charge in [0, 0.05) is 12.5 Å². The fourth-order valence-electron chi connectivity index (χ4n) is 2.41. The topological polar surface area (TPSA) is 67.4 Å². The zero-order valence-electron chi connectivity index (χ0n) is 15.3. The number of benzene rings is 2. The van der Waals surface area contributed by atoms with E-state index in [-0.39, 0.29) is 18.6 Å². The molecule has 0 heterocycles. The molecule has 0 aliphatic carbocycles. The third kappa shape index (κ3) is 6.59. The van der Waals surface area contributed by atoms with Crippen molar-refractivity contribution < 1.29 is 14.3 Å². The van der Waals surface area contributed by atoms with E-state index in [2.05, 4.69) is 10.6 Å². The lowest BCUT2D eigenvalue weighted by Gasteiger charge is -2.21. The summed E-state index contributed by atoms with van der Waals surface area (Å²) in [6, 6.07) is 18.4. The second kappa shape index (κ2) is 10.2. The molecule has 2 unspecified atom stereocenters. The monoisotopic (exact) mass is 354 g/mol. The van der Waals surface area contributed by atoms with Crippen molar-refractivity contribution in [2.24, 2.45) is 0 Å². The number of nitrogens with one attached hydrogen (secondary N) is 2. The van der Waals surface area contributed by atoms with Gasteiger partial charge in [-0.1, -0.05) is 67.6 Å². The third-order valence-electron chi connectivity index (χ3n) is 4.11. The number of rotatable bonds is 8. The van der Waals surface area contributed by atoms with Crippen molar-refractivity contribution in [2.45, 2.75) is 45.4 Å². The number of hydrogen-bond donors (Lipinski definition) is 2. The summed E-state index contributed by atoms with van der Waals surface area (Å²) in [6.07, 6.45) is 0.625. The molecule has 0 bridgehead atoms. The molecule has 2 N–H and O–H groups in total. The van der Waals surface area contributed by atoms with E-state index in [1.807, 2.05) is 74.5 Å². The van der Waals surface area contributed by atoms with Crippen LogP contribution in [-0.2, 0) is 22.6 Å². The van der Waals surface area contributed by atoms with E-state index in [1.54, 1.807) is 0 Å². The molecule has 0 spiro atoms. The maximum absolute atomic E-state index is 12.5. The molecule has 2 amide bonds. The Kier molecular flexibility index (Phi) is 7.68. The first-order chi connectivity index (χ1) is 12.6. The summed E-state index contributed by atoms with van der Waals surface area (Å²) in [6.45, 7) is 4.10. The smallest absolute Gasteiger partial charge is 0.408 e. The van der Waals surface area contributed by atoms with Gasteiger partial charge in [-0.25, -0.2) is 4.79 Å². The van der Waals surface area contributed by atoms with Gasteiger partial charge in [0.1, 0.15) is 12.6 Å². The van der Waals surface area contributed by atoms with Crippen LogP contribution in [0.2, 0.25) is 0 Å². The minimum Gasteiger partial charge on any atom is -0.445 e. The van der Waals surface area contributed by atoms with Crippen LogP contribution in [0.1, 0.15) is 31.4 Å². The minimum absolute atomic E-state index is 0.0444. The Labute approximate surface area is 154 Å². The fraction of sp³-hybridized carbons (Fsp3) is 0.333. The minimum atomic E-state index is -0.685. The average molecular weight is 354 g/mol. The molecule has 2 rings (SSSR count). The van der Waals surface area contributed by atoms with Crippen molar-refractivity contribution in [3.8, 4) is 0 Å². The van der Waals surface area contributed by atoms with Gasteiger partial charge in [-0.2, -0.15) is 0 Å². The van der Waals surface area contributed by atoms with Gasteiger partial charge < -0.3 is 15.4 Å². The van der Waals surface area contributed by atoms with Crippen LogP contribution in [0.25, 0.3) is 0 Å². The van der Waals surface area contributed by atoms with Crippen LogP contribution >= 0.6 is 0 Å². The molecule has 0 fully saturated rings. The van der Waals surface area contributed by atoms with Gasteiger partial charge >= 0.3 is 6.09 Å². The highest BCUT2D eigenvalue weighted by molar-refractivity contribution is 5.86. The first-order valence-corrected chi connectivity index (χ1v) is 8.90. The van der Waals surface area contributed by atoms with E-state index in [1.165, 1.54) is 0 Å². The highest BCUT2D eigenvalue weighted by Gasteiger charge is 2.23. The van der Waals surface area contributed by atoms with Gasteiger partial charge in [-0.15, -0.1) is 0 Å². The van der Waals surface area contributed by atoms with Crippen molar-refractivity contribution in [1.29, 1.82) is 0 Å². The predicted molar refractivity (Wildman–Crippen MR) is 102 cm³/mol. The molecule has 0 aromatic heterocycles. The van der Waals surface area contributed by atoms with Crippen molar-refractivity contribution in [2.75, 3.05) is 0 Å². The zero-order valence-corrected chi connectivity index (χ0v) is 15.3. The Bertz CT molecular complexity index is 689. The second-order valence-electron chi connectivity index (χ2n) is 6.27. The first kappa shape index (κ1) is 19.5. The van der Waals surface area contributed by atoms with E-state index in [9.17, 15) is 9.59 Å². The van der Waals surface area contributed by atoms with Crippen LogP contribution in [0.4, 0.5) is 4.79 Å². The Balaban J connectivity index is 1.97. The van der Waals surface area contributed by atoms with E-state index in [4.69, 9.17) is 4.74 Å². The van der Waals surface area contributed by atoms with Gasteiger partial charge in [-0.05, 0) is 24.5 Å². The van der Waals surface area contributed by atoms with Crippen LogP contribution in [0.15, 0.2) is 60.7 Å². The summed E-state index contributed by atoms with van der Waals surface area (Å²) in [5.74, 6) is -0.208. The molecule has 0 saturated carbocycles. The molecule has 2 aromatic carbocycles. The van der Waals surface area contributed by atoms with Crippen LogP contribution < -0.4 is 10.6 Å². The third-order valence-corrected chi connectivity index (χ3v) is 4.11. The summed E-state index contributed by atoms with van der Waals surface area (Å²) in [7, 11) is 0. The molecule has 2 aromatic rings. The molecule has 5 heteroatoms. The van der Waals surface area contributed by atoms with Gasteiger partial charge in [0.15, 0.2) is 0 Å². The molecule has 0 aliphatic rings. The van der Waals surface area contributed by atoms with Crippen LogP contribution in [-0.4, -0.2) is 24.1 Å². The van der Waals surface area contributed by atoms with Crippen molar-refractivity contribution in [3.63, 3.8) is 0 Å². The number of carbonyl (C=O) groups is 2. The summed E-state index contributed by atoms with van der Waals surface area (Å²) >= 11 is 0. The predicted octanol–water partition coefficient (Wildman–Crippen LogP) is 3.44. The Morgan fingerprint density at radius 3 is 2.08 bits per heavy atom. The largest absolute Gasteiger partial charge is 0.445 e. The van der Waals surface area contributed by atoms with Crippen molar-refractivity contribution in [3.05, 3.63) is 71.8 Å². The van der Waals surface area contributed by atoms with Gasteiger partial charge in [0.05, 0.1) is 0 Å². The van der Waals surface area contributed by atoms with Gasteiger partial charge in [-0.3, -0.25) is 4.79 Å². The standard InChI is InChI=1S/C21H26N2O3/c1-3-16(2)22-20(24)19(14-17-10-6-4-7-11-17)23-21(25)26-15-18-12-8-5-9-13-18/h4-13,16,19H,3,14-15H2,1-2H3,(H,22,24)(H,23,25). The summed E-state index contributed by atoms with van der Waals surface area (Å²) in [4.78, 5) is 24.7. The van der Waals surface area contributed by atoms with Crippen LogP contribution in [0.5, 0.6) is 0 Å². The molecule has 0 saturated heterocycles. The Morgan fingerprint density at radius 2 is 1.50 bits per heavy atom. The lowest BCUT2D eigenvalue weighted by atomic mass is 10.0. The van der Waals surface area contributed by atoms with E-state index in [0.29, 0.717) is 6.42 Å². The molecule has 26 heavy (non-hydrogen) atoms. The van der Waals surface area contributed by atoms with Crippen molar-refractivity contribution in [1.82, 2.24) is 10.6 Å². The molecular weight excluding hydrogens is 328 g/mol. The SMILES string of the molecule is CCC(C)NC(=O)C(Cc1ccccc1)NC(=O)OCc1ccccc1. The highest BCUT2D eigenvalue weighted by atomic mass is 16.5. The van der Waals surface area contributed by atoms with E-state index < -0.39 is 12.1 Å². The zero-order chi connectivity index (χ0) is 18.8. The number of hydrogen-bond acceptors (Lipinski definition) is 3. The Hall–Kier alpha value is -2.82. The van der Waals surface area contributed by atoms with E-state index in [0.717, 1.165) is 17.5 Å². The van der Waals surface area contributed by atoms with Gasteiger partial charge in [0.25, 0.3) is 0 Å². The fourth-order valence-corrected chi connectivity index (χ4v) is 2.41. The molecule has 5 nitrogen and oxygen atoms in total. The molecule has 138 valence electrons. The second-order valence-corrected chi connectivity index (χ2v) is 6.27. The maximum atomic E-state index is 12.5. The lowest BCUT2D eigenvalue weighted by Crippen LogP contribution is -2.50. The summed E-state index contributed by atoms with van der Waals surface area (Å²) in [5, 5.41) is 5.61. The van der Waals surface area contributed by atoms with Crippen LogP contribution in [0, 0.1) is 0 Å². The summed E-state index contributed by atoms with van der Waals surface area (Å²) < 4.78 is 5.25. The first-order valence-electron chi connectivity index (χ1n) is 8.90. The number of amides is 2. The number of ether oxygens (including phenoxy) is 1. The molecule has 0 aliphatic heterocycles. The highest BCUT2D eigenvalue weighted by Crippen LogP contribution is 2.06. The molecule has 0 radical (unpaired) electrons. The Morgan fingerprint density at radius 1 is 0.923 bits per heavy atom. The summed E-state index contributed by atoms with van der Waals surface area (Å²) in [5.41, 5.74) is 1.87. The maximum Gasteiger partial charge on any atom is 0.408 e. The lowest BCUT2D eigenvalue weighted by molar-refractivity contribution is -0.123. The van der Waals surface area contributed by atoms with E-state index >= 15 is 0 Å². The number of alkyl carbamates (subject to hydrolysis) is 1.